The van der Waals surface area contributed by atoms with Crippen molar-refractivity contribution < 1.29 is 13.2 Å². The molecule has 0 bridgehead atoms. The van der Waals surface area contributed by atoms with Crippen molar-refractivity contribution in [1.82, 2.24) is 5.32 Å². The summed E-state index contributed by atoms with van der Waals surface area (Å²) in [5.41, 5.74) is 0.545. The smallest absolute Gasteiger partial charge is 0.308 e. The predicted molar refractivity (Wildman–Crippen MR) is 77.5 cm³/mol. The minimum absolute atomic E-state index is 0.0577. The van der Waals surface area contributed by atoms with Gasteiger partial charge in [0.25, 0.3) is 0 Å². The van der Waals surface area contributed by atoms with Gasteiger partial charge in [0.15, 0.2) is 0 Å². The molecular formula is C16H22F3N. The SMILES string of the molecule is CCC(=Cc1ccccc1C(F)(F)F)CNC(C)(C)C. The van der Waals surface area contributed by atoms with Gasteiger partial charge in [-0.05, 0) is 38.8 Å². The lowest BCUT2D eigenvalue weighted by molar-refractivity contribution is -0.137. The van der Waals surface area contributed by atoms with E-state index in [1.165, 1.54) is 12.1 Å². The number of rotatable bonds is 4. The molecule has 0 radical (unpaired) electrons. The van der Waals surface area contributed by atoms with E-state index in [1.54, 1.807) is 12.1 Å². The molecule has 1 nitrogen and oxygen atoms in total. The monoisotopic (exact) mass is 285 g/mol. The minimum Gasteiger partial charge on any atom is -0.308 e. The highest BCUT2D eigenvalue weighted by Gasteiger charge is 2.32. The molecule has 0 unspecified atom stereocenters. The average molecular weight is 285 g/mol. The fourth-order valence-electron chi connectivity index (χ4n) is 1.76. The quantitative estimate of drug-likeness (QED) is 0.830. The van der Waals surface area contributed by atoms with Crippen molar-refractivity contribution in [3.05, 3.63) is 41.0 Å². The fourth-order valence-corrected chi connectivity index (χ4v) is 1.76. The van der Waals surface area contributed by atoms with Crippen molar-refractivity contribution in [2.75, 3.05) is 6.54 Å². The molecule has 4 heteroatoms. The molecule has 112 valence electrons. The van der Waals surface area contributed by atoms with Crippen LogP contribution in [-0.4, -0.2) is 12.1 Å². The molecule has 0 fully saturated rings. The van der Waals surface area contributed by atoms with E-state index in [0.717, 1.165) is 18.1 Å². The first kappa shape index (κ1) is 16.8. The Bertz CT molecular complexity index is 467. The summed E-state index contributed by atoms with van der Waals surface area (Å²) in [6.07, 6.45) is -1.96. The molecule has 20 heavy (non-hydrogen) atoms. The maximum Gasteiger partial charge on any atom is 0.416 e. The van der Waals surface area contributed by atoms with Crippen LogP contribution in [0, 0.1) is 0 Å². The van der Waals surface area contributed by atoms with Gasteiger partial charge in [-0.2, -0.15) is 13.2 Å². The Kier molecular flexibility index (Phi) is 5.40. The van der Waals surface area contributed by atoms with Gasteiger partial charge in [-0.15, -0.1) is 0 Å². The zero-order valence-corrected chi connectivity index (χ0v) is 12.4. The first-order valence-corrected chi connectivity index (χ1v) is 6.74. The van der Waals surface area contributed by atoms with Gasteiger partial charge in [-0.25, -0.2) is 0 Å². The van der Waals surface area contributed by atoms with Gasteiger partial charge < -0.3 is 5.32 Å². The Morgan fingerprint density at radius 1 is 1.15 bits per heavy atom. The Balaban J connectivity index is 3.02. The van der Waals surface area contributed by atoms with E-state index in [9.17, 15) is 13.2 Å². The van der Waals surface area contributed by atoms with Crippen LogP contribution in [0.1, 0.15) is 45.2 Å². The Labute approximate surface area is 118 Å². The average Bonchev–Trinajstić information content (AvgIpc) is 2.32. The molecule has 0 atom stereocenters. The summed E-state index contributed by atoms with van der Waals surface area (Å²) in [6.45, 7) is 8.64. The predicted octanol–water partition coefficient (Wildman–Crippen LogP) is 4.89. The molecule has 0 aliphatic rings. The first-order chi connectivity index (χ1) is 9.13. The van der Waals surface area contributed by atoms with E-state index in [2.05, 4.69) is 5.32 Å². The molecular weight excluding hydrogens is 263 g/mol. The highest BCUT2D eigenvalue weighted by Crippen LogP contribution is 2.32. The van der Waals surface area contributed by atoms with Crippen LogP contribution >= 0.6 is 0 Å². The van der Waals surface area contributed by atoms with Crippen molar-refractivity contribution in [3.8, 4) is 0 Å². The lowest BCUT2D eigenvalue weighted by Crippen LogP contribution is -2.37. The van der Waals surface area contributed by atoms with E-state index in [-0.39, 0.29) is 11.1 Å². The lowest BCUT2D eigenvalue weighted by Gasteiger charge is -2.21. The summed E-state index contributed by atoms with van der Waals surface area (Å²) in [5.74, 6) is 0. The molecule has 0 aromatic heterocycles. The second-order valence-electron chi connectivity index (χ2n) is 5.84. The van der Waals surface area contributed by atoms with Crippen LogP contribution < -0.4 is 5.32 Å². The van der Waals surface area contributed by atoms with E-state index in [1.807, 2.05) is 27.7 Å². The van der Waals surface area contributed by atoms with E-state index >= 15 is 0 Å². The third-order valence-corrected chi connectivity index (χ3v) is 2.93. The molecule has 1 N–H and O–H groups in total. The molecule has 0 saturated heterocycles. The van der Waals surface area contributed by atoms with Crippen LogP contribution in [0.4, 0.5) is 13.2 Å². The third kappa shape index (κ3) is 5.37. The van der Waals surface area contributed by atoms with E-state index in [0.29, 0.717) is 6.54 Å². The van der Waals surface area contributed by atoms with Gasteiger partial charge in [-0.3, -0.25) is 0 Å². The Hall–Kier alpha value is -1.29. The van der Waals surface area contributed by atoms with Crippen LogP contribution in [0.2, 0.25) is 0 Å². The van der Waals surface area contributed by atoms with Crippen LogP contribution in [0.15, 0.2) is 29.8 Å². The topological polar surface area (TPSA) is 12.0 Å². The van der Waals surface area contributed by atoms with Crippen molar-refractivity contribution >= 4 is 6.08 Å². The molecule has 0 heterocycles. The van der Waals surface area contributed by atoms with Crippen molar-refractivity contribution in [3.63, 3.8) is 0 Å². The van der Waals surface area contributed by atoms with Gasteiger partial charge >= 0.3 is 6.18 Å². The number of hydrogen-bond donors (Lipinski definition) is 1. The summed E-state index contributed by atoms with van der Waals surface area (Å²) in [5, 5.41) is 3.30. The zero-order valence-electron chi connectivity index (χ0n) is 12.4. The number of benzene rings is 1. The van der Waals surface area contributed by atoms with E-state index in [4.69, 9.17) is 0 Å². The van der Waals surface area contributed by atoms with Crippen molar-refractivity contribution in [1.29, 1.82) is 0 Å². The second-order valence-corrected chi connectivity index (χ2v) is 5.84. The van der Waals surface area contributed by atoms with Crippen LogP contribution in [0.3, 0.4) is 0 Å². The summed E-state index contributed by atoms with van der Waals surface area (Å²) in [6, 6.07) is 5.68. The molecule has 0 amide bonds. The normalized spacial score (nSPS) is 13.7. The second kappa shape index (κ2) is 6.44. The zero-order chi connectivity index (χ0) is 15.4. The third-order valence-electron chi connectivity index (χ3n) is 2.93. The highest BCUT2D eigenvalue weighted by molar-refractivity contribution is 5.57. The van der Waals surface area contributed by atoms with Crippen LogP contribution in [0.5, 0.6) is 0 Å². The van der Waals surface area contributed by atoms with Gasteiger partial charge in [0.05, 0.1) is 5.56 Å². The van der Waals surface area contributed by atoms with Gasteiger partial charge in [0.1, 0.15) is 0 Å². The summed E-state index contributed by atoms with van der Waals surface area (Å²) in [7, 11) is 0. The van der Waals surface area contributed by atoms with Gasteiger partial charge in [0.2, 0.25) is 0 Å². The number of halogens is 3. The first-order valence-electron chi connectivity index (χ1n) is 6.74. The van der Waals surface area contributed by atoms with Crippen LogP contribution in [0.25, 0.3) is 6.08 Å². The number of nitrogens with one attached hydrogen (secondary N) is 1. The molecule has 0 saturated carbocycles. The maximum absolute atomic E-state index is 12.9. The summed E-state index contributed by atoms with van der Waals surface area (Å²) >= 11 is 0. The molecule has 1 rings (SSSR count). The maximum atomic E-state index is 12.9. The Morgan fingerprint density at radius 3 is 2.25 bits per heavy atom. The van der Waals surface area contributed by atoms with Gasteiger partial charge in [-0.1, -0.05) is 36.8 Å². The molecule has 0 spiro atoms. The molecule has 1 aromatic rings. The number of hydrogen-bond acceptors (Lipinski definition) is 1. The van der Waals surface area contributed by atoms with Gasteiger partial charge in [0, 0.05) is 12.1 Å². The summed E-state index contributed by atoms with van der Waals surface area (Å²) < 4.78 is 38.8. The van der Waals surface area contributed by atoms with Crippen molar-refractivity contribution in [2.45, 2.75) is 45.8 Å². The Morgan fingerprint density at radius 2 is 1.75 bits per heavy atom. The van der Waals surface area contributed by atoms with Crippen LogP contribution in [-0.2, 0) is 6.18 Å². The lowest BCUT2D eigenvalue weighted by atomic mass is 10.0. The largest absolute Gasteiger partial charge is 0.416 e. The highest BCUT2D eigenvalue weighted by atomic mass is 19.4. The minimum atomic E-state index is -4.32. The number of alkyl halides is 3. The van der Waals surface area contributed by atoms with Crippen molar-refractivity contribution in [2.24, 2.45) is 0 Å². The molecule has 0 aliphatic heterocycles. The summed E-state index contributed by atoms with van der Waals surface area (Å²) in [4.78, 5) is 0. The fraction of sp³-hybridized carbons (Fsp3) is 0.500. The molecule has 1 aromatic carbocycles. The van der Waals surface area contributed by atoms with E-state index < -0.39 is 11.7 Å². The molecule has 0 aliphatic carbocycles. The standard InChI is InChI=1S/C16H22F3N/c1-5-12(11-20-15(2,3)4)10-13-8-6-7-9-14(13)16(17,18)19/h6-10,20H,5,11H2,1-4H3.